The molecule has 7 nitrogen and oxygen atoms in total. The zero-order chi connectivity index (χ0) is 15.7. The first-order chi connectivity index (χ1) is 10.5. The lowest BCUT2D eigenvalue weighted by atomic mass is 10.2. The number of piperazine rings is 1. The van der Waals surface area contributed by atoms with Crippen LogP contribution in [0.2, 0.25) is 0 Å². The van der Waals surface area contributed by atoms with E-state index in [9.17, 15) is 8.42 Å². The molecule has 9 heteroatoms. The third-order valence-corrected chi connectivity index (χ3v) is 6.79. The summed E-state index contributed by atoms with van der Waals surface area (Å²) < 4.78 is 32.4. The fraction of sp³-hybridized carbons (Fsp3) is 0.538. The Kier molecular flexibility index (Phi) is 4.20. The smallest absolute Gasteiger partial charge is 0.318 e. The van der Waals surface area contributed by atoms with Crippen molar-refractivity contribution in [3.05, 3.63) is 23.4 Å². The Morgan fingerprint density at radius 3 is 2.50 bits per heavy atom. The number of rotatable bonds is 4. The maximum absolute atomic E-state index is 12.5. The largest absolute Gasteiger partial charge is 0.408 e. The summed E-state index contributed by atoms with van der Waals surface area (Å²) in [7, 11) is -3.37. The van der Waals surface area contributed by atoms with Crippen molar-refractivity contribution in [2.75, 3.05) is 31.1 Å². The van der Waals surface area contributed by atoms with Crippen LogP contribution >= 0.6 is 11.3 Å². The van der Waals surface area contributed by atoms with Crippen LogP contribution in [0.25, 0.3) is 0 Å². The first kappa shape index (κ1) is 15.4. The summed E-state index contributed by atoms with van der Waals surface area (Å²) >= 11 is 1.24. The van der Waals surface area contributed by atoms with E-state index in [0.717, 1.165) is 0 Å². The summed E-state index contributed by atoms with van der Waals surface area (Å²) in [5.41, 5.74) is 0. The Balaban J connectivity index is 1.67. The molecule has 0 bridgehead atoms. The van der Waals surface area contributed by atoms with Crippen molar-refractivity contribution < 1.29 is 12.8 Å². The zero-order valence-corrected chi connectivity index (χ0v) is 14.1. The molecule has 0 unspecified atom stereocenters. The first-order valence-electron chi connectivity index (χ1n) is 7.10. The number of hydrogen-bond donors (Lipinski definition) is 0. The van der Waals surface area contributed by atoms with E-state index in [1.807, 2.05) is 18.7 Å². The van der Waals surface area contributed by atoms with Gasteiger partial charge in [0.05, 0.1) is 0 Å². The molecular formula is C13H18N4O3S2. The van der Waals surface area contributed by atoms with Gasteiger partial charge in [0.1, 0.15) is 4.21 Å². The number of sulfonamides is 1. The van der Waals surface area contributed by atoms with Gasteiger partial charge in [0.2, 0.25) is 5.89 Å². The molecule has 1 aliphatic heterocycles. The average Bonchev–Trinajstić information content (AvgIpc) is 3.19. The molecule has 1 saturated heterocycles. The van der Waals surface area contributed by atoms with E-state index in [4.69, 9.17) is 4.42 Å². The normalized spacial score (nSPS) is 17.3. The van der Waals surface area contributed by atoms with Crippen molar-refractivity contribution in [2.45, 2.75) is 24.0 Å². The van der Waals surface area contributed by atoms with E-state index in [2.05, 4.69) is 10.2 Å². The predicted octanol–water partition coefficient (Wildman–Crippen LogP) is 1.77. The van der Waals surface area contributed by atoms with Crippen molar-refractivity contribution in [1.82, 2.24) is 14.5 Å². The highest BCUT2D eigenvalue weighted by atomic mass is 32.2. The predicted molar refractivity (Wildman–Crippen MR) is 83.7 cm³/mol. The number of anilines is 1. The number of nitrogens with zero attached hydrogens (tertiary/aromatic N) is 4. The highest BCUT2D eigenvalue weighted by molar-refractivity contribution is 7.91. The van der Waals surface area contributed by atoms with Gasteiger partial charge in [-0.3, -0.25) is 0 Å². The molecule has 3 rings (SSSR count). The summed E-state index contributed by atoms with van der Waals surface area (Å²) in [6, 6.07) is 3.86. The van der Waals surface area contributed by atoms with Crippen molar-refractivity contribution in [3.8, 4) is 0 Å². The molecule has 0 N–H and O–H groups in total. The molecule has 120 valence electrons. The van der Waals surface area contributed by atoms with E-state index in [1.54, 1.807) is 17.5 Å². The second-order valence-electron chi connectivity index (χ2n) is 5.40. The molecule has 3 heterocycles. The molecule has 0 atom stereocenters. The van der Waals surface area contributed by atoms with Gasteiger partial charge in [-0.15, -0.1) is 16.4 Å². The molecule has 2 aromatic heterocycles. The highest BCUT2D eigenvalue weighted by Gasteiger charge is 2.30. The van der Waals surface area contributed by atoms with Crippen LogP contribution in [0, 0.1) is 0 Å². The van der Waals surface area contributed by atoms with Gasteiger partial charge in [0, 0.05) is 32.1 Å². The molecule has 0 amide bonds. The minimum Gasteiger partial charge on any atom is -0.408 e. The van der Waals surface area contributed by atoms with Crippen molar-refractivity contribution in [1.29, 1.82) is 0 Å². The van der Waals surface area contributed by atoms with Gasteiger partial charge in [-0.1, -0.05) is 25.0 Å². The van der Waals surface area contributed by atoms with Gasteiger partial charge >= 0.3 is 6.01 Å². The van der Waals surface area contributed by atoms with Gasteiger partial charge in [0.25, 0.3) is 10.0 Å². The summed E-state index contributed by atoms with van der Waals surface area (Å²) in [4.78, 5) is 1.93. The topological polar surface area (TPSA) is 79.5 Å². The van der Waals surface area contributed by atoms with E-state index >= 15 is 0 Å². The second kappa shape index (κ2) is 5.98. The fourth-order valence-corrected chi connectivity index (χ4v) is 4.81. The number of aromatic nitrogens is 2. The molecule has 22 heavy (non-hydrogen) atoms. The van der Waals surface area contributed by atoms with Crippen molar-refractivity contribution >= 4 is 27.4 Å². The van der Waals surface area contributed by atoms with Crippen LogP contribution in [0.4, 0.5) is 6.01 Å². The van der Waals surface area contributed by atoms with E-state index in [1.165, 1.54) is 15.6 Å². The standard InChI is InChI=1S/C13H18N4O3S2/c1-10(2)12-14-15-13(20-12)16-5-7-17(8-6-16)22(18,19)11-4-3-9-21-11/h3-4,9-10H,5-8H2,1-2H3. The molecule has 0 saturated carbocycles. The van der Waals surface area contributed by atoms with Crippen molar-refractivity contribution in [3.63, 3.8) is 0 Å². The van der Waals surface area contributed by atoms with Crippen LogP contribution in [0.5, 0.6) is 0 Å². The quantitative estimate of drug-likeness (QED) is 0.842. The van der Waals surface area contributed by atoms with Gasteiger partial charge in [0.15, 0.2) is 0 Å². The molecule has 0 spiro atoms. The fourth-order valence-electron chi connectivity index (χ4n) is 2.24. The Morgan fingerprint density at radius 2 is 1.95 bits per heavy atom. The van der Waals surface area contributed by atoms with Gasteiger partial charge in [-0.05, 0) is 11.4 Å². The van der Waals surface area contributed by atoms with Gasteiger partial charge in [-0.25, -0.2) is 8.42 Å². The van der Waals surface area contributed by atoms with E-state index in [0.29, 0.717) is 42.3 Å². The molecule has 0 aromatic carbocycles. The Hall–Kier alpha value is -1.45. The zero-order valence-electron chi connectivity index (χ0n) is 12.5. The summed E-state index contributed by atoms with van der Waals surface area (Å²) in [6.45, 7) is 5.90. The lowest BCUT2D eigenvalue weighted by Crippen LogP contribution is -2.48. The molecule has 1 fully saturated rings. The van der Waals surface area contributed by atoms with Crippen LogP contribution in [0.15, 0.2) is 26.1 Å². The second-order valence-corrected chi connectivity index (χ2v) is 8.51. The third-order valence-electron chi connectivity index (χ3n) is 3.52. The van der Waals surface area contributed by atoms with E-state index in [-0.39, 0.29) is 5.92 Å². The van der Waals surface area contributed by atoms with Gasteiger partial charge in [-0.2, -0.15) is 4.31 Å². The summed E-state index contributed by atoms with van der Waals surface area (Å²) in [5.74, 6) is 0.783. The van der Waals surface area contributed by atoms with Crippen LogP contribution in [0.1, 0.15) is 25.7 Å². The van der Waals surface area contributed by atoms with E-state index < -0.39 is 10.0 Å². The number of hydrogen-bond acceptors (Lipinski definition) is 7. The minimum atomic E-state index is -3.37. The van der Waals surface area contributed by atoms with Crippen LogP contribution in [-0.4, -0.2) is 49.1 Å². The SMILES string of the molecule is CC(C)c1nnc(N2CCN(S(=O)(=O)c3cccs3)CC2)o1. The highest BCUT2D eigenvalue weighted by Crippen LogP contribution is 2.24. The first-order valence-corrected chi connectivity index (χ1v) is 9.42. The monoisotopic (exact) mass is 342 g/mol. The molecule has 0 radical (unpaired) electrons. The van der Waals surface area contributed by atoms with Crippen LogP contribution < -0.4 is 4.90 Å². The Morgan fingerprint density at radius 1 is 1.23 bits per heavy atom. The maximum Gasteiger partial charge on any atom is 0.318 e. The minimum absolute atomic E-state index is 0.182. The molecule has 1 aliphatic rings. The summed E-state index contributed by atoms with van der Waals surface area (Å²) in [5, 5.41) is 9.83. The molecular weight excluding hydrogens is 324 g/mol. The Bertz CT molecular complexity index is 716. The molecule has 0 aliphatic carbocycles. The van der Waals surface area contributed by atoms with Crippen molar-refractivity contribution in [2.24, 2.45) is 0 Å². The Labute approximate surface area is 133 Å². The maximum atomic E-state index is 12.5. The van der Waals surface area contributed by atoms with Crippen LogP contribution in [0.3, 0.4) is 0 Å². The summed E-state index contributed by atoms with van der Waals surface area (Å²) in [6.07, 6.45) is 0. The lowest BCUT2D eigenvalue weighted by molar-refractivity contribution is 0.368. The lowest BCUT2D eigenvalue weighted by Gasteiger charge is -2.32. The average molecular weight is 342 g/mol. The van der Waals surface area contributed by atoms with Crippen LogP contribution in [-0.2, 0) is 10.0 Å². The molecule has 2 aromatic rings. The number of thiophene rings is 1. The van der Waals surface area contributed by atoms with Gasteiger partial charge < -0.3 is 9.32 Å². The third kappa shape index (κ3) is 2.88.